The van der Waals surface area contributed by atoms with Gasteiger partial charge in [0.25, 0.3) is 0 Å². The number of fused-ring (bicyclic) bond motifs is 4. The monoisotopic (exact) mass is 1880 g/mol. The number of carbonyl (C=O) groups is 3. The maximum Gasteiger partial charge on any atom is 0.316 e. The number of halogens is 1. The molecule has 0 aromatic heterocycles. The molecule has 0 aromatic rings. The molecule has 740 valence electrons. The number of allylic oxidation sites excluding steroid dienone is 4. The fraction of sp³-hybridized carbons (Fsp3) is 0.760. The summed E-state index contributed by atoms with van der Waals surface area (Å²) in [7, 11) is 6.44. The Morgan fingerprint density at radius 3 is 1.24 bits per heavy atom. The molecule has 8 N–H and O–H groups in total. The van der Waals surface area contributed by atoms with Gasteiger partial charge >= 0.3 is 11.9 Å². The lowest BCUT2D eigenvalue weighted by Crippen LogP contribution is -2.57. The molecule has 36 atom stereocenters. The first kappa shape index (κ1) is 104. The zero-order valence-corrected chi connectivity index (χ0v) is 80.6. The fourth-order valence-electron chi connectivity index (χ4n) is 23.2. The number of methoxy groups -OCH3 is 4. The van der Waals surface area contributed by atoms with Crippen molar-refractivity contribution in [1.29, 1.82) is 0 Å². The van der Waals surface area contributed by atoms with Crippen molar-refractivity contribution < 1.29 is 140 Å². The number of nitrogens with zero attached hydrogens (tertiary/aromatic N) is 1. The highest BCUT2D eigenvalue weighted by molar-refractivity contribution is 6.07. The van der Waals surface area contributed by atoms with Gasteiger partial charge in [0.15, 0.2) is 48.6 Å². The maximum atomic E-state index is 14.5. The number of oxime groups is 1. The summed E-state index contributed by atoms with van der Waals surface area (Å²) >= 11 is 0. The number of esters is 2. The molecule has 31 nitrogen and oxygen atoms in total. The number of carbonyl (C=O) groups excluding carboxylic acids is 3. The molecule has 2 saturated carbocycles. The summed E-state index contributed by atoms with van der Waals surface area (Å²) in [5.41, 5.74) is 0.0399. The van der Waals surface area contributed by atoms with Crippen LogP contribution in [0.25, 0.3) is 0 Å². The lowest BCUT2D eigenvalue weighted by molar-refractivity contribution is -0.318. The van der Waals surface area contributed by atoms with E-state index in [4.69, 9.17) is 99.9 Å². The first-order valence-electron chi connectivity index (χ1n) is 48.2. The first-order chi connectivity index (χ1) is 62.8. The van der Waals surface area contributed by atoms with Crippen LogP contribution in [0.3, 0.4) is 0 Å². The van der Waals surface area contributed by atoms with Crippen molar-refractivity contribution in [3.63, 3.8) is 0 Å². The van der Waals surface area contributed by atoms with E-state index in [1.165, 1.54) is 44.6 Å². The number of rotatable bonds is 14. The third-order valence-electron chi connectivity index (χ3n) is 30.6. The predicted octanol–water partition coefficient (Wildman–Crippen LogP) is 12.3. The third kappa shape index (κ3) is 22.6. The molecule has 2 spiro atoms. The van der Waals surface area contributed by atoms with Crippen LogP contribution in [0.2, 0.25) is 0 Å². The highest BCUT2D eigenvalue weighted by Gasteiger charge is 2.63. The van der Waals surface area contributed by atoms with Crippen molar-refractivity contribution in [2.24, 2.45) is 58.4 Å². The summed E-state index contributed by atoms with van der Waals surface area (Å²) in [5.74, 6) is -1.75. The number of Topliss-reactive ketones (excluding diaryl/α,β-unsaturated/α-hetero) is 1. The molecule has 16 aliphatic rings. The van der Waals surface area contributed by atoms with Gasteiger partial charge in [-0.25, -0.2) is 5.90 Å². The summed E-state index contributed by atoms with van der Waals surface area (Å²) in [6.45, 7) is 23.5. The highest BCUT2D eigenvalue weighted by atomic mass is 35.5. The van der Waals surface area contributed by atoms with Crippen molar-refractivity contribution in [1.82, 2.24) is 0 Å². The van der Waals surface area contributed by atoms with Gasteiger partial charge in [-0.05, 0) is 151 Å². The average Bonchev–Trinajstić information content (AvgIpc) is 1.54. The largest absolute Gasteiger partial charge is 0.462 e. The van der Waals surface area contributed by atoms with Crippen molar-refractivity contribution in [3.8, 4) is 0 Å². The van der Waals surface area contributed by atoms with E-state index in [0.717, 1.165) is 36.8 Å². The standard InChI is InChI=1S/C50H73NO14.C50H72O14.ClH.H3NO/c1-27-13-12-16-34-26-58-47-42(51-55)30(4)21-37(50(34,47)54)48(53)61-36-22-35(64-49(25-36)20-19-29(3)45(65-49)33-14-10-9-11-15-33)18-17-28(2)44(27)62-41-24-39(57-8)46(32(6)60-41)63-40-23-38(56-7)43(52)31(5)59-40;1-27-13-12-16-34-26-57-47-42(51)30(4)21-37(50(34,47)54)48(53)60-36-22-35(63-49(25-36)20-19-29(3)45(64-49)33-14-10-9-11-15-33)18-17-28(2)44(27)61-41-24-39(56-8)46(32(6)59-41)62-40-23-38(55-7)43(52)31(5)58-40;;1-2/h12-13,16-17,19-21,27,29,31-33,35-41,43-47,52,54-55H,9-11,14-15,18,22-26H2,1-8H3;12-13,16-17,19-21,27,29,31-33,35-41,43-47,52,54H,9-11,14-15,18,22-26H2,1-8H3;1H;2H,1H2/b13-12+,28-17+,34-16+,51-42+;13-12+,28-17+,34-16+;;/t2*27-,29-,31-,32-,35+,36-,37-,38-,39-,40-,41-,43-,44-,45-,46-,47+,49+,50+;;/m00../s1. The number of aliphatic hydroxyl groups excluding tert-OH is 2. The van der Waals surface area contributed by atoms with Crippen molar-refractivity contribution in [2.45, 2.75) is 394 Å². The Morgan fingerprint density at radius 1 is 0.455 bits per heavy atom. The highest BCUT2D eigenvalue weighted by Crippen LogP contribution is 2.51. The summed E-state index contributed by atoms with van der Waals surface area (Å²) in [6, 6.07) is 0. The molecule has 0 aromatic carbocycles. The Labute approximate surface area is 784 Å². The molecule has 12 aliphatic heterocycles. The van der Waals surface area contributed by atoms with Gasteiger partial charge in [0.1, 0.15) is 71.5 Å². The molecule has 8 saturated heterocycles. The molecule has 4 aliphatic carbocycles. The van der Waals surface area contributed by atoms with Crippen LogP contribution >= 0.6 is 12.4 Å². The molecule has 4 bridgehead atoms. The zero-order chi connectivity index (χ0) is 93.7. The van der Waals surface area contributed by atoms with Gasteiger partial charge < -0.3 is 126 Å². The molecule has 132 heavy (non-hydrogen) atoms. The van der Waals surface area contributed by atoms with Gasteiger partial charge in [-0.2, -0.15) is 0 Å². The Morgan fingerprint density at radius 2 is 0.833 bits per heavy atom. The SMILES string of the molecule is CO[C@H]1C[C@H](O[C@H]2[C@H](C)O[C@@H](O[C@@H]3/C(C)=C/C[C@@H]4C[C@@H](C[C@]5(C=C[C@H](C)[C@@H](C6CCCCC6)O5)O4)OC(=O)[C@@H]4C=C(C)/C(=N\O)[C@H]5OC/C(=C\C=C\[C@@H]3C)[C@]54O)C[C@@H]2OC)O[C@@H](C)[C@@H]1O.CO[C@H]1C[C@H](O[C@H]2[C@H](C)O[C@@H](O[C@@H]3/C(C)=C/C[C@@H]4C[C@@H](C[C@]5(C=C[C@H](C)[C@@H](C6CCCCC6)O5)O4)OC(=O)[C@@H]4C=C(C)C(=O)[C@H]5OC/C(=C\C=C\[C@@H]3C)[C@]54O)C[C@@H]2OC)O[C@@H](C)[C@@H]1O.Cl.NO. The van der Waals surface area contributed by atoms with E-state index in [2.05, 4.69) is 63.1 Å². The van der Waals surface area contributed by atoms with Crippen molar-refractivity contribution >= 4 is 35.8 Å². The van der Waals surface area contributed by atoms with E-state index in [-0.39, 0.29) is 97.4 Å². The summed E-state index contributed by atoms with van der Waals surface area (Å²) in [6.07, 6.45) is 28.9. The molecule has 10 fully saturated rings. The van der Waals surface area contributed by atoms with Crippen molar-refractivity contribution in [3.05, 3.63) is 119 Å². The quantitative estimate of drug-likeness (QED) is 0.0367. The molecule has 0 amide bonds. The molecular weight excluding hydrogens is 1730 g/mol. The fourth-order valence-corrected chi connectivity index (χ4v) is 23.2. The second kappa shape index (κ2) is 45.4. The minimum absolute atomic E-state index is 0. The van der Waals surface area contributed by atoms with E-state index >= 15 is 0 Å². The summed E-state index contributed by atoms with van der Waals surface area (Å²) < 4.78 is 128. The van der Waals surface area contributed by atoms with Gasteiger partial charge in [0.2, 0.25) is 0 Å². The van der Waals surface area contributed by atoms with Crippen LogP contribution in [0.4, 0.5) is 0 Å². The van der Waals surface area contributed by atoms with Crippen LogP contribution in [0.15, 0.2) is 124 Å². The van der Waals surface area contributed by atoms with E-state index in [9.17, 15) is 40.0 Å². The van der Waals surface area contributed by atoms with Crippen LogP contribution in [0.1, 0.15) is 212 Å². The van der Waals surface area contributed by atoms with Gasteiger partial charge in [-0.3, -0.25) is 14.4 Å². The first-order valence-corrected chi connectivity index (χ1v) is 48.2. The van der Waals surface area contributed by atoms with Crippen LogP contribution in [0.5, 0.6) is 0 Å². The number of hydrogen-bond acceptors (Lipinski definition) is 31. The van der Waals surface area contributed by atoms with Crippen LogP contribution < -0.4 is 5.90 Å². The molecule has 12 heterocycles. The normalized spacial score (nSPS) is 47.0. The zero-order valence-electron chi connectivity index (χ0n) is 79.8. The Hall–Kier alpha value is -5.19. The van der Waals surface area contributed by atoms with Crippen LogP contribution in [0, 0.1) is 47.3 Å². The number of hydrogen-bond donors (Lipinski definition) is 7. The number of aliphatic hydroxyl groups is 4. The number of nitrogens with two attached hydrogens (primary N) is 1. The van der Waals surface area contributed by atoms with Crippen LogP contribution in [-0.2, 0) is 109 Å². The van der Waals surface area contributed by atoms with Gasteiger partial charge in [0, 0.05) is 103 Å². The second-order valence-electron chi connectivity index (χ2n) is 39.7. The van der Waals surface area contributed by atoms with E-state index in [0.29, 0.717) is 98.3 Å². The summed E-state index contributed by atoms with van der Waals surface area (Å²) in [4.78, 5) is 42.4. The van der Waals surface area contributed by atoms with Crippen LogP contribution in [-0.4, -0.2) is 278 Å². The Kier molecular flexibility index (Phi) is 35.8. The Balaban J connectivity index is 0.000000219. The van der Waals surface area contributed by atoms with Gasteiger partial charge in [0.05, 0.1) is 98.7 Å². The lowest BCUT2D eigenvalue weighted by atomic mass is 9.71. The predicted molar refractivity (Wildman–Crippen MR) is 484 cm³/mol. The number of ether oxygens (including phenoxy) is 20. The topological polar surface area (TPSA) is 396 Å². The van der Waals surface area contributed by atoms with Gasteiger partial charge in [-0.1, -0.05) is 144 Å². The molecular formula is C100H149ClN2O29. The number of ketones is 1. The minimum atomic E-state index is -1.93. The third-order valence-corrected chi connectivity index (χ3v) is 30.6. The second-order valence-corrected chi connectivity index (χ2v) is 39.7. The minimum Gasteiger partial charge on any atom is -0.462 e. The smallest absolute Gasteiger partial charge is 0.316 e. The van der Waals surface area contributed by atoms with E-state index < -0.39 is 169 Å². The molecule has 0 unspecified atom stereocenters. The summed E-state index contributed by atoms with van der Waals surface area (Å²) in [5, 5.41) is 66.3. The molecule has 0 radical (unpaired) electrons. The van der Waals surface area contributed by atoms with Crippen molar-refractivity contribution in [2.75, 3.05) is 41.7 Å². The van der Waals surface area contributed by atoms with Gasteiger partial charge in [-0.15, -0.1) is 12.4 Å². The Bertz CT molecular complexity index is 4250. The average molecular weight is 1880 g/mol. The lowest BCUT2D eigenvalue weighted by Gasteiger charge is -2.49. The van der Waals surface area contributed by atoms with E-state index in [1.807, 2.05) is 64.2 Å². The maximum absolute atomic E-state index is 14.5. The molecule has 16 rings (SSSR count). The molecule has 32 heteroatoms. The van der Waals surface area contributed by atoms with E-state index in [1.54, 1.807) is 74.4 Å².